The summed E-state index contributed by atoms with van der Waals surface area (Å²) in [6, 6.07) is 3.53. The zero-order valence-corrected chi connectivity index (χ0v) is 7.67. The van der Waals surface area contributed by atoms with Crippen molar-refractivity contribution in [3.63, 3.8) is 0 Å². The minimum absolute atomic E-state index is 0.0597. The number of imidazole rings is 1. The molecule has 7 heteroatoms. The maximum Gasteiger partial charge on any atom is 0.278 e. The first-order valence-corrected chi connectivity index (χ1v) is 3.94. The van der Waals surface area contributed by atoms with Crippen LogP contribution in [-0.2, 0) is 7.05 Å². The summed E-state index contributed by atoms with van der Waals surface area (Å²) in [5.74, 6) is 0.176. The lowest BCUT2D eigenvalue weighted by Crippen LogP contribution is -2.18. The Morgan fingerprint density at radius 1 is 1.40 bits per heavy atom. The third-order valence-electron chi connectivity index (χ3n) is 1.92. The first-order chi connectivity index (χ1) is 7.19. The van der Waals surface area contributed by atoms with E-state index in [0.29, 0.717) is 0 Å². The highest BCUT2D eigenvalue weighted by Crippen LogP contribution is 2.06. The van der Waals surface area contributed by atoms with Crippen molar-refractivity contribution in [2.45, 2.75) is 0 Å². The fourth-order valence-corrected chi connectivity index (χ4v) is 1.26. The van der Waals surface area contributed by atoms with Gasteiger partial charge in [-0.2, -0.15) is 20.6 Å². The Balaban J connectivity index is 3.11. The van der Waals surface area contributed by atoms with Gasteiger partial charge in [-0.15, -0.1) is 0 Å². The smallest absolute Gasteiger partial charge is 0.267 e. The Morgan fingerprint density at radius 2 is 2.13 bits per heavy atom. The molecule has 0 fully saturated rings. The molecule has 15 heavy (non-hydrogen) atoms. The number of hydrogen-bond acceptors (Lipinski definition) is 5. The number of nitrogens with zero attached hydrogens (tertiary/aromatic N) is 6. The highest BCUT2D eigenvalue weighted by molar-refractivity contribution is 5.46. The Hall–Kier alpha value is -2.67. The van der Waals surface area contributed by atoms with E-state index in [9.17, 15) is 4.79 Å². The fourth-order valence-electron chi connectivity index (χ4n) is 1.26. The van der Waals surface area contributed by atoms with E-state index in [-0.39, 0.29) is 17.2 Å². The molecule has 72 valence electrons. The summed E-state index contributed by atoms with van der Waals surface area (Å²) < 4.78 is 2.38. The number of aryl methyl sites for hydroxylation is 1. The molecule has 0 aromatic carbocycles. The molecule has 2 heterocycles. The van der Waals surface area contributed by atoms with Crippen molar-refractivity contribution in [3.8, 4) is 12.1 Å². The zero-order valence-electron chi connectivity index (χ0n) is 7.67. The molecule has 0 bridgehead atoms. The molecule has 7 nitrogen and oxygen atoms in total. The number of hydrogen-bond donors (Lipinski definition) is 0. The second-order valence-corrected chi connectivity index (χ2v) is 2.77. The third-order valence-corrected chi connectivity index (χ3v) is 1.92. The summed E-state index contributed by atoms with van der Waals surface area (Å²) in [6.45, 7) is 0. The molecule has 2 aromatic rings. The summed E-state index contributed by atoms with van der Waals surface area (Å²) in [5.41, 5.74) is -0.609. The van der Waals surface area contributed by atoms with E-state index in [4.69, 9.17) is 10.5 Å². The molecule has 0 aliphatic carbocycles. The van der Waals surface area contributed by atoms with Crippen molar-refractivity contribution in [3.05, 3.63) is 27.9 Å². The lowest BCUT2D eigenvalue weighted by molar-refractivity contribution is 0.721. The molecule has 0 aliphatic heterocycles. The van der Waals surface area contributed by atoms with Crippen LogP contribution in [0.25, 0.3) is 5.78 Å². The Morgan fingerprint density at radius 3 is 2.73 bits per heavy atom. The quantitative estimate of drug-likeness (QED) is 0.552. The molecule has 0 N–H and O–H groups in total. The van der Waals surface area contributed by atoms with E-state index < -0.39 is 5.56 Å². The van der Waals surface area contributed by atoms with Crippen molar-refractivity contribution >= 4 is 5.78 Å². The van der Waals surface area contributed by atoms with Gasteiger partial charge in [-0.25, -0.2) is 9.08 Å². The van der Waals surface area contributed by atoms with Crippen molar-refractivity contribution < 1.29 is 0 Å². The number of rotatable bonds is 0. The molecule has 2 rings (SSSR count). The highest BCUT2D eigenvalue weighted by Gasteiger charge is 2.15. The monoisotopic (exact) mass is 200 g/mol. The van der Waals surface area contributed by atoms with E-state index in [1.54, 1.807) is 19.2 Å². The largest absolute Gasteiger partial charge is 0.278 e. The number of aromatic nitrogens is 4. The lowest BCUT2D eigenvalue weighted by Gasteiger charge is -1.97. The predicted molar refractivity (Wildman–Crippen MR) is 47.7 cm³/mol. The van der Waals surface area contributed by atoms with Crippen LogP contribution in [0.5, 0.6) is 0 Å². The average molecular weight is 200 g/mol. The van der Waals surface area contributed by atoms with Gasteiger partial charge in [0.05, 0.1) is 0 Å². The van der Waals surface area contributed by atoms with E-state index >= 15 is 0 Å². The predicted octanol–water partition coefficient (Wildman–Crippen LogP) is -0.829. The molecule has 0 saturated heterocycles. The normalized spacial score (nSPS) is 9.80. The molecule has 0 atom stereocenters. The van der Waals surface area contributed by atoms with E-state index in [0.717, 1.165) is 10.6 Å². The van der Waals surface area contributed by atoms with Gasteiger partial charge >= 0.3 is 0 Å². The van der Waals surface area contributed by atoms with Crippen molar-refractivity contribution in [1.82, 2.24) is 19.2 Å². The van der Waals surface area contributed by atoms with Gasteiger partial charge in [0.25, 0.3) is 5.56 Å². The summed E-state index contributed by atoms with van der Waals surface area (Å²) >= 11 is 0. The lowest BCUT2D eigenvalue weighted by atomic mass is 10.4. The maximum atomic E-state index is 11.4. The van der Waals surface area contributed by atoms with Crippen LogP contribution in [0.2, 0.25) is 0 Å². The van der Waals surface area contributed by atoms with Crippen molar-refractivity contribution in [1.29, 1.82) is 10.5 Å². The van der Waals surface area contributed by atoms with Crippen LogP contribution in [0.3, 0.4) is 0 Å². The van der Waals surface area contributed by atoms with Crippen LogP contribution in [0.4, 0.5) is 0 Å². The zero-order chi connectivity index (χ0) is 11.0. The number of fused-ring (bicyclic) bond motifs is 1. The van der Waals surface area contributed by atoms with Crippen LogP contribution < -0.4 is 5.56 Å². The second-order valence-electron chi connectivity index (χ2n) is 2.77. The SMILES string of the molecule is Cn1ncc(=O)n2c(C#N)c(C#N)nc12. The molecular formula is C8H4N6O. The summed E-state index contributed by atoms with van der Waals surface area (Å²) in [7, 11) is 1.57. The highest BCUT2D eigenvalue weighted by atomic mass is 16.1. The molecule has 0 amide bonds. The Bertz CT molecular complexity index is 680. The maximum absolute atomic E-state index is 11.4. The van der Waals surface area contributed by atoms with Crippen molar-refractivity contribution in [2.24, 2.45) is 7.05 Å². The van der Waals surface area contributed by atoms with Gasteiger partial charge < -0.3 is 0 Å². The minimum Gasteiger partial charge on any atom is -0.267 e. The van der Waals surface area contributed by atoms with E-state index in [2.05, 4.69) is 10.1 Å². The first kappa shape index (κ1) is 8.91. The number of nitriles is 2. The van der Waals surface area contributed by atoms with Gasteiger partial charge in [0.15, 0.2) is 11.4 Å². The van der Waals surface area contributed by atoms with Gasteiger partial charge in [0.1, 0.15) is 18.3 Å². The van der Waals surface area contributed by atoms with Gasteiger partial charge in [-0.1, -0.05) is 0 Å². The summed E-state index contributed by atoms with van der Waals surface area (Å²) in [5, 5.41) is 21.3. The van der Waals surface area contributed by atoms with E-state index in [1.165, 1.54) is 4.68 Å². The fraction of sp³-hybridized carbons (Fsp3) is 0.125. The molecular weight excluding hydrogens is 196 g/mol. The van der Waals surface area contributed by atoms with Crippen LogP contribution >= 0.6 is 0 Å². The van der Waals surface area contributed by atoms with Crippen LogP contribution in [0.1, 0.15) is 11.4 Å². The third kappa shape index (κ3) is 1.07. The second kappa shape index (κ2) is 2.93. The first-order valence-electron chi connectivity index (χ1n) is 3.94. The van der Waals surface area contributed by atoms with Gasteiger partial charge in [-0.3, -0.25) is 4.79 Å². The van der Waals surface area contributed by atoms with Gasteiger partial charge in [0, 0.05) is 7.05 Å². The van der Waals surface area contributed by atoms with Crippen molar-refractivity contribution in [2.75, 3.05) is 0 Å². The van der Waals surface area contributed by atoms with Crippen LogP contribution in [0.15, 0.2) is 11.0 Å². The average Bonchev–Trinajstić information content (AvgIpc) is 2.63. The molecule has 0 saturated carbocycles. The molecule has 2 aromatic heterocycles. The van der Waals surface area contributed by atoms with Gasteiger partial charge in [0.2, 0.25) is 5.78 Å². The minimum atomic E-state index is -0.478. The van der Waals surface area contributed by atoms with Crippen LogP contribution in [-0.4, -0.2) is 19.2 Å². The topological polar surface area (TPSA) is 99.8 Å². The molecule has 0 aliphatic rings. The standard InChI is InChI=1S/C8H4N6O/c1-13-8-12-5(2-9)6(3-10)14(8)7(15)4-11-13/h4H,1H3. The summed E-state index contributed by atoms with van der Waals surface area (Å²) in [4.78, 5) is 15.3. The molecule has 0 unspecified atom stereocenters. The Labute approximate surface area is 83.4 Å². The van der Waals surface area contributed by atoms with E-state index in [1.807, 2.05) is 0 Å². The van der Waals surface area contributed by atoms with Gasteiger partial charge in [-0.05, 0) is 0 Å². The molecule has 0 spiro atoms. The molecule has 0 radical (unpaired) electrons. The van der Waals surface area contributed by atoms with Crippen LogP contribution in [0, 0.1) is 22.7 Å². The Kier molecular flexibility index (Phi) is 1.74. The summed E-state index contributed by atoms with van der Waals surface area (Å²) in [6.07, 6.45) is 1.07.